The van der Waals surface area contributed by atoms with Gasteiger partial charge in [0.25, 0.3) is 0 Å². The summed E-state index contributed by atoms with van der Waals surface area (Å²) in [5.74, 6) is 0.269. The molecule has 1 unspecified atom stereocenters. The number of carboxylic acid groups (broad SMARTS) is 1. The van der Waals surface area contributed by atoms with Gasteiger partial charge in [-0.05, 0) is 29.8 Å². The second-order valence-corrected chi connectivity index (χ2v) is 6.46. The number of anilines is 1. The number of benzene rings is 1. The summed E-state index contributed by atoms with van der Waals surface area (Å²) in [4.78, 5) is 21.0. The molecule has 11 nitrogen and oxygen atoms in total. The maximum atomic E-state index is 12.1. The van der Waals surface area contributed by atoms with Gasteiger partial charge in [-0.3, -0.25) is 0 Å². The first-order chi connectivity index (χ1) is 14.6. The fourth-order valence-electron chi connectivity index (χ4n) is 3.33. The summed E-state index contributed by atoms with van der Waals surface area (Å²) >= 11 is 0. The van der Waals surface area contributed by atoms with E-state index in [1.165, 1.54) is 28.8 Å². The number of aromatic nitrogens is 6. The summed E-state index contributed by atoms with van der Waals surface area (Å²) in [5.41, 5.74) is 7.23. The topological polar surface area (TPSA) is 147 Å². The lowest BCUT2D eigenvalue weighted by molar-refractivity contribution is -0.139. The number of nitrogens with zero attached hydrogens (tertiary/aromatic N) is 6. The Labute approximate surface area is 168 Å². The van der Waals surface area contributed by atoms with Crippen molar-refractivity contribution in [2.75, 3.05) is 12.8 Å². The van der Waals surface area contributed by atoms with Gasteiger partial charge in [0.1, 0.15) is 5.75 Å². The van der Waals surface area contributed by atoms with E-state index in [2.05, 4.69) is 20.2 Å². The van der Waals surface area contributed by atoms with Crippen molar-refractivity contribution in [3.63, 3.8) is 0 Å². The minimum absolute atomic E-state index is 0.0411. The van der Waals surface area contributed by atoms with Crippen LogP contribution < -0.4 is 10.5 Å². The molecule has 4 aromatic heterocycles. The summed E-state index contributed by atoms with van der Waals surface area (Å²) in [5, 5.41) is 19.0. The Bertz CT molecular complexity index is 1390. The maximum absolute atomic E-state index is 12.1. The van der Waals surface area contributed by atoms with Crippen LogP contribution in [0.4, 0.5) is 5.95 Å². The molecule has 1 aromatic carbocycles. The summed E-state index contributed by atoms with van der Waals surface area (Å²) in [6.07, 6.45) is 3.01. The molecule has 3 N–H and O–H groups in total. The third kappa shape index (κ3) is 2.64. The van der Waals surface area contributed by atoms with Gasteiger partial charge in [0, 0.05) is 0 Å². The van der Waals surface area contributed by atoms with E-state index in [0.717, 1.165) is 0 Å². The van der Waals surface area contributed by atoms with Crippen LogP contribution in [0.25, 0.3) is 28.3 Å². The first-order valence-electron chi connectivity index (χ1n) is 8.87. The molecule has 30 heavy (non-hydrogen) atoms. The average molecular weight is 405 g/mol. The van der Waals surface area contributed by atoms with E-state index in [1.54, 1.807) is 36.4 Å². The van der Waals surface area contributed by atoms with Crippen molar-refractivity contribution >= 4 is 28.6 Å². The molecule has 0 amide bonds. The molecular formula is C19H15N7O4. The summed E-state index contributed by atoms with van der Waals surface area (Å²) < 4.78 is 13.2. The SMILES string of the molecule is COc1cccc(C(C(=O)O)n2ncc3c2nc(N)n2nc(-c4ccco4)nc32)c1. The van der Waals surface area contributed by atoms with E-state index in [-0.39, 0.29) is 11.6 Å². The van der Waals surface area contributed by atoms with Crippen LogP contribution in [0.15, 0.2) is 53.3 Å². The third-order valence-electron chi connectivity index (χ3n) is 4.68. The van der Waals surface area contributed by atoms with Gasteiger partial charge in [0.05, 0.1) is 25.0 Å². The van der Waals surface area contributed by atoms with Crippen LogP contribution in [0.1, 0.15) is 11.6 Å². The molecule has 5 rings (SSSR count). The fraction of sp³-hybridized carbons (Fsp3) is 0.105. The molecule has 0 radical (unpaired) electrons. The number of furan rings is 1. The van der Waals surface area contributed by atoms with E-state index >= 15 is 0 Å². The molecule has 1 atom stereocenters. The van der Waals surface area contributed by atoms with Gasteiger partial charge in [-0.25, -0.2) is 14.5 Å². The van der Waals surface area contributed by atoms with Crippen LogP contribution in [0.2, 0.25) is 0 Å². The lowest BCUT2D eigenvalue weighted by Gasteiger charge is -2.15. The van der Waals surface area contributed by atoms with Gasteiger partial charge in [-0.1, -0.05) is 12.1 Å². The monoisotopic (exact) mass is 405 g/mol. The number of methoxy groups -OCH3 is 1. The zero-order valence-corrected chi connectivity index (χ0v) is 15.6. The van der Waals surface area contributed by atoms with Crippen LogP contribution in [-0.2, 0) is 4.79 Å². The minimum Gasteiger partial charge on any atom is -0.497 e. The summed E-state index contributed by atoms with van der Waals surface area (Å²) in [6, 6.07) is 9.08. The highest BCUT2D eigenvalue weighted by atomic mass is 16.5. The van der Waals surface area contributed by atoms with E-state index < -0.39 is 12.0 Å². The van der Waals surface area contributed by atoms with Gasteiger partial charge < -0.3 is 20.0 Å². The van der Waals surface area contributed by atoms with Crippen molar-refractivity contribution in [1.29, 1.82) is 0 Å². The lowest BCUT2D eigenvalue weighted by Crippen LogP contribution is -2.22. The number of nitrogen functional groups attached to an aromatic ring is 1. The second-order valence-electron chi connectivity index (χ2n) is 6.46. The molecular weight excluding hydrogens is 390 g/mol. The van der Waals surface area contributed by atoms with Crippen molar-refractivity contribution in [2.24, 2.45) is 0 Å². The van der Waals surface area contributed by atoms with Crippen LogP contribution in [-0.4, -0.2) is 47.5 Å². The minimum atomic E-state index is -1.14. The Balaban J connectivity index is 1.72. The van der Waals surface area contributed by atoms with Crippen LogP contribution in [0.5, 0.6) is 5.75 Å². The molecule has 0 aliphatic carbocycles. The van der Waals surface area contributed by atoms with Gasteiger partial charge in [0.15, 0.2) is 23.1 Å². The zero-order valence-electron chi connectivity index (χ0n) is 15.6. The number of carboxylic acids is 1. The number of ether oxygens (including phenoxy) is 1. The fourth-order valence-corrected chi connectivity index (χ4v) is 3.33. The number of nitrogens with two attached hydrogens (primary N) is 1. The first kappa shape index (κ1) is 17.7. The molecule has 0 saturated heterocycles. The molecule has 4 heterocycles. The first-order valence-corrected chi connectivity index (χ1v) is 8.87. The molecule has 150 valence electrons. The largest absolute Gasteiger partial charge is 0.497 e. The van der Waals surface area contributed by atoms with Crippen molar-refractivity contribution < 1.29 is 19.1 Å². The Morgan fingerprint density at radius 1 is 1.23 bits per heavy atom. The molecule has 0 fully saturated rings. The molecule has 0 bridgehead atoms. The zero-order chi connectivity index (χ0) is 20.8. The van der Waals surface area contributed by atoms with Gasteiger partial charge in [-0.2, -0.15) is 14.6 Å². The smallest absolute Gasteiger partial charge is 0.333 e. The van der Waals surface area contributed by atoms with E-state index in [9.17, 15) is 9.90 Å². The molecule has 11 heteroatoms. The Kier molecular flexibility index (Phi) is 3.88. The van der Waals surface area contributed by atoms with Gasteiger partial charge in [0.2, 0.25) is 11.8 Å². The van der Waals surface area contributed by atoms with E-state index in [0.29, 0.717) is 33.9 Å². The normalized spacial score (nSPS) is 12.4. The van der Waals surface area contributed by atoms with Crippen LogP contribution in [0.3, 0.4) is 0 Å². The second kappa shape index (κ2) is 6.58. The highest BCUT2D eigenvalue weighted by Gasteiger charge is 2.27. The predicted octanol–water partition coefficient (Wildman–Crippen LogP) is 2.00. The highest BCUT2D eigenvalue weighted by Crippen LogP contribution is 2.28. The van der Waals surface area contributed by atoms with Crippen LogP contribution >= 0.6 is 0 Å². The summed E-state index contributed by atoms with van der Waals surface area (Å²) in [7, 11) is 1.51. The molecule has 0 aliphatic heterocycles. The number of carbonyl (C=O) groups is 1. The van der Waals surface area contributed by atoms with Gasteiger partial charge >= 0.3 is 5.97 Å². The maximum Gasteiger partial charge on any atom is 0.333 e. The molecule has 0 spiro atoms. The molecule has 5 aromatic rings. The molecule has 0 saturated carbocycles. The Hall–Kier alpha value is -4.41. The quantitative estimate of drug-likeness (QED) is 0.448. The molecule has 0 aliphatic rings. The number of hydrogen-bond donors (Lipinski definition) is 2. The van der Waals surface area contributed by atoms with Crippen molar-refractivity contribution in [1.82, 2.24) is 29.4 Å². The Morgan fingerprint density at radius 3 is 2.83 bits per heavy atom. The standard InChI is InChI=1S/C19H15N7O4/c1-29-11-5-2-4-10(8-11)14(18(27)28)25-17-12(9-21-25)16-22-15(13-6-3-7-30-13)24-26(16)19(20)23-17/h2-9,14H,1H3,(H2,20,23)(H,27,28). The van der Waals surface area contributed by atoms with Crippen LogP contribution in [0, 0.1) is 0 Å². The number of fused-ring (bicyclic) bond motifs is 3. The lowest BCUT2D eigenvalue weighted by atomic mass is 10.1. The highest BCUT2D eigenvalue weighted by molar-refractivity contribution is 5.91. The van der Waals surface area contributed by atoms with Crippen molar-refractivity contribution in [3.8, 4) is 17.3 Å². The Morgan fingerprint density at radius 2 is 2.10 bits per heavy atom. The number of hydrogen-bond acceptors (Lipinski definition) is 8. The third-order valence-corrected chi connectivity index (χ3v) is 4.68. The van der Waals surface area contributed by atoms with Crippen molar-refractivity contribution in [3.05, 3.63) is 54.4 Å². The van der Waals surface area contributed by atoms with E-state index in [1.807, 2.05) is 0 Å². The van der Waals surface area contributed by atoms with Gasteiger partial charge in [-0.15, -0.1) is 5.10 Å². The predicted molar refractivity (Wildman–Crippen MR) is 105 cm³/mol. The van der Waals surface area contributed by atoms with E-state index in [4.69, 9.17) is 14.9 Å². The number of rotatable bonds is 5. The average Bonchev–Trinajstić information content (AvgIpc) is 3.48. The van der Waals surface area contributed by atoms with Crippen molar-refractivity contribution in [2.45, 2.75) is 6.04 Å². The number of aliphatic carboxylic acids is 1. The summed E-state index contributed by atoms with van der Waals surface area (Å²) in [6.45, 7) is 0.